The van der Waals surface area contributed by atoms with E-state index in [1.165, 1.54) is 12.8 Å². The lowest BCUT2D eigenvalue weighted by atomic mass is 10.2. The molecular weight excluding hydrogens is 320 g/mol. The van der Waals surface area contributed by atoms with Crippen LogP contribution in [0, 0.1) is 0 Å². The van der Waals surface area contributed by atoms with Crippen molar-refractivity contribution < 1.29 is 9.59 Å². The standard InChI is InChI=1S/C17H26N6O2/c24-15(21-14-4-1-2-5-14)6-9-20-17(25)23-12-10-22(11-13-23)16-18-7-3-8-19-16/h3,7-8,14H,1-2,4-6,9-13H2,(H,20,25)(H,21,24). The van der Waals surface area contributed by atoms with E-state index < -0.39 is 0 Å². The summed E-state index contributed by atoms with van der Waals surface area (Å²) in [4.78, 5) is 36.4. The van der Waals surface area contributed by atoms with E-state index in [-0.39, 0.29) is 11.9 Å². The molecule has 2 heterocycles. The van der Waals surface area contributed by atoms with Crippen molar-refractivity contribution in [3.05, 3.63) is 18.5 Å². The number of amides is 3. The summed E-state index contributed by atoms with van der Waals surface area (Å²) in [5.41, 5.74) is 0. The van der Waals surface area contributed by atoms with Gasteiger partial charge in [-0.3, -0.25) is 4.79 Å². The molecule has 3 rings (SSSR count). The van der Waals surface area contributed by atoms with Crippen molar-refractivity contribution in [2.24, 2.45) is 0 Å². The van der Waals surface area contributed by atoms with Gasteiger partial charge in [-0.1, -0.05) is 12.8 Å². The molecule has 1 saturated carbocycles. The number of nitrogens with zero attached hydrogens (tertiary/aromatic N) is 4. The summed E-state index contributed by atoms with van der Waals surface area (Å²) in [6.07, 6.45) is 8.32. The van der Waals surface area contributed by atoms with Gasteiger partial charge in [0.15, 0.2) is 0 Å². The van der Waals surface area contributed by atoms with E-state index in [0.29, 0.717) is 51.1 Å². The molecule has 8 heteroatoms. The second-order valence-electron chi connectivity index (χ2n) is 6.55. The van der Waals surface area contributed by atoms with Gasteiger partial charge in [-0.2, -0.15) is 0 Å². The summed E-state index contributed by atoms with van der Waals surface area (Å²) >= 11 is 0. The highest BCUT2D eigenvalue weighted by molar-refractivity contribution is 5.78. The molecule has 2 fully saturated rings. The molecule has 3 amide bonds. The van der Waals surface area contributed by atoms with Crippen LogP contribution in [0.4, 0.5) is 10.7 Å². The summed E-state index contributed by atoms with van der Waals surface area (Å²) in [7, 11) is 0. The number of rotatable bonds is 5. The van der Waals surface area contributed by atoms with Gasteiger partial charge in [-0.15, -0.1) is 0 Å². The number of aromatic nitrogens is 2. The Morgan fingerprint density at radius 2 is 1.76 bits per heavy atom. The van der Waals surface area contributed by atoms with E-state index in [1.807, 2.05) is 0 Å². The Morgan fingerprint density at radius 1 is 1.08 bits per heavy atom. The van der Waals surface area contributed by atoms with Gasteiger partial charge in [-0.05, 0) is 18.9 Å². The smallest absolute Gasteiger partial charge is 0.317 e. The monoisotopic (exact) mass is 346 g/mol. The van der Waals surface area contributed by atoms with Gasteiger partial charge in [0.25, 0.3) is 0 Å². The molecule has 0 bridgehead atoms. The van der Waals surface area contributed by atoms with Gasteiger partial charge >= 0.3 is 6.03 Å². The second-order valence-corrected chi connectivity index (χ2v) is 6.55. The third-order valence-electron chi connectivity index (χ3n) is 4.75. The first-order valence-corrected chi connectivity index (χ1v) is 9.06. The van der Waals surface area contributed by atoms with Gasteiger partial charge < -0.3 is 20.4 Å². The van der Waals surface area contributed by atoms with E-state index in [0.717, 1.165) is 12.8 Å². The lowest BCUT2D eigenvalue weighted by Gasteiger charge is -2.34. The highest BCUT2D eigenvalue weighted by atomic mass is 16.2. The maximum atomic E-state index is 12.2. The number of hydrogen-bond acceptors (Lipinski definition) is 5. The zero-order valence-corrected chi connectivity index (χ0v) is 14.5. The van der Waals surface area contributed by atoms with E-state index in [2.05, 4.69) is 25.5 Å². The predicted octanol–water partition coefficient (Wildman–Crippen LogP) is 0.757. The van der Waals surface area contributed by atoms with Crippen molar-refractivity contribution in [3.8, 4) is 0 Å². The van der Waals surface area contributed by atoms with Crippen molar-refractivity contribution in [3.63, 3.8) is 0 Å². The number of carbonyl (C=O) groups excluding carboxylic acids is 2. The average Bonchev–Trinajstić information content (AvgIpc) is 3.15. The highest BCUT2D eigenvalue weighted by Gasteiger charge is 2.22. The van der Waals surface area contributed by atoms with Crippen LogP contribution in [0.1, 0.15) is 32.1 Å². The minimum Gasteiger partial charge on any atom is -0.353 e. The molecule has 25 heavy (non-hydrogen) atoms. The van der Waals surface area contributed by atoms with E-state index in [9.17, 15) is 9.59 Å². The van der Waals surface area contributed by atoms with Crippen LogP contribution in [0.2, 0.25) is 0 Å². The molecule has 1 aromatic heterocycles. The Labute approximate surface area is 148 Å². The summed E-state index contributed by atoms with van der Waals surface area (Å²) in [6, 6.07) is 2.01. The van der Waals surface area contributed by atoms with Crippen molar-refractivity contribution in [1.82, 2.24) is 25.5 Å². The van der Waals surface area contributed by atoms with Crippen molar-refractivity contribution in [2.75, 3.05) is 37.6 Å². The van der Waals surface area contributed by atoms with Crippen LogP contribution in [-0.4, -0.2) is 65.6 Å². The van der Waals surface area contributed by atoms with Crippen LogP contribution in [0.25, 0.3) is 0 Å². The quantitative estimate of drug-likeness (QED) is 0.821. The van der Waals surface area contributed by atoms with Crippen LogP contribution in [-0.2, 0) is 4.79 Å². The Bertz CT molecular complexity index is 568. The molecule has 2 N–H and O–H groups in total. The molecular formula is C17H26N6O2. The fraction of sp³-hybridized carbons (Fsp3) is 0.647. The van der Waals surface area contributed by atoms with Crippen LogP contribution in [0.3, 0.4) is 0 Å². The second kappa shape index (κ2) is 8.64. The van der Waals surface area contributed by atoms with Gasteiger partial charge in [0.05, 0.1) is 0 Å². The van der Waals surface area contributed by atoms with Crippen molar-refractivity contribution in [1.29, 1.82) is 0 Å². The molecule has 0 radical (unpaired) electrons. The summed E-state index contributed by atoms with van der Waals surface area (Å²) < 4.78 is 0. The van der Waals surface area contributed by atoms with Gasteiger partial charge in [0, 0.05) is 57.6 Å². The number of urea groups is 1. The van der Waals surface area contributed by atoms with E-state index in [1.54, 1.807) is 23.4 Å². The Hall–Kier alpha value is -2.38. The minimum atomic E-state index is -0.109. The molecule has 1 saturated heterocycles. The summed E-state index contributed by atoms with van der Waals surface area (Å²) in [6.45, 7) is 3.04. The fourth-order valence-electron chi connectivity index (χ4n) is 3.33. The maximum absolute atomic E-state index is 12.2. The van der Waals surface area contributed by atoms with Crippen LogP contribution in [0.5, 0.6) is 0 Å². The average molecular weight is 346 g/mol. The normalized spacial score (nSPS) is 18.2. The van der Waals surface area contributed by atoms with E-state index >= 15 is 0 Å². The Kier molecular flexibility index (Phi) is 6.03. The zero-order chi connectivity index (χ0) is 17.5. The number of piperazine rings is 1. The third-order valence-corrected chi connectivity index (χ3v) is 4.75. The summed E-state index contributed by atoms with van der Waals surface area (Å²) in [5, 5.41) is 5.87. The molecule has 0 aromatic carbocycles. The molecule has 0 unspecified atom stereocenters. The topological polar surface area (TPSA) is 90.5 Å². The highest BCUT2D eigenvalue weighted by Crippen LogP contribution is 2.17. The number of carbonyl (C=O) groups is 2. The van der Waals surface area contributed by atoms with E-state index in [4.69, 9.17) is 0 Å². The summed E-state index contributed by atoms with van der Waals surface area (Å²) in [5.74, 6) is 0.726. The fourth-order valence-corrected chi connectivity index (χ4v) is 3.33. The first-order valence-electron chi connectivity index (χ1n) is 9.06. The van der Waals surface area contributed by atoms with Crippen molar-refractivity contribution in [2.45, 2.75) is 38.1 Å². The van der Waals surface area contributed by atoms with Gasteiger partial charge in [-0.25, -0.2) is 14.8 Å². The molecule has 1 aliphatic carbocycles. The Balaban J connectivity index is 1.33. The molecule has 1 aliphatic heterocycles. The largest absolute Gasteiger partial charge is 0.353 e. The SMILES string of the molecule is O=C(CCNC(=O)N1CCN(c2ncccn2)CC1)NC1CCCC1. The number of anilines is 1. The molecule has 0 atom stereocenters. The molecule has 1 aromatic rings. The number of hydrogen-bond donors (Lipinski definition) is 2. The van der Waals surface area contributed by atoms with Crippen molar-refractivity contribution >= 4 is 17.9 Å². The molecule has 8 nitrogen and oxygen atoms in total. The van der Waals surface area contributed by atoms with Gasteiger partial charge in [0.2, 0.25) is 11.9 Å². The minimum absolute atomic E-state index is 0.0262. The number of nitrogens with one attached hydrogen (secondary N) is 2. The predicted molar refractivity (Wildman–Crippen MR) is 94.2 cm³/mol. The maximum Gasteiger partial charge on any atom is 0.317 e. The van der Waals surface area contributed by atoms with Crippen LogP contribution >= 0.6 is 0 Å². The zero-order valence-electron chi connectivity index (χ0n) is 14.5. The first-order chi connectivity index (χ1) is 12.2. The lowest BCUT2D eigenvalue weighted by Crippen LogP contribution is -2.52. The van der Waals surface area contributed by atoms with Gasteiger partial charge in [0.1, 0.15) is 0 Å². The molecule has 2 aliphatic rings. The van der Waals surface area contributed by atoms with Crippen LogP contribution < -0.4 is 15.5 Å². The molecule has 136 valence electrons. The Morgan fingerprint density at radius 3 is 2.44 bits per heavy atom. The first kappa shape index (κ1) is 17.4. The van der Waals surface area contributed by atoms with Crippen LogP contribution in [0.15, 0.2) is 18.5 Å². The molecule has 0 spiro atoms. The third kappa shape index (κ3) is 5.04. The lowest BCUT2D eigenvalue weighted by molar-refractivity contribution is -0.121.